The number of nitrogens with zero attached hydrogens (tertiary/aromatic N) is 2. The van der Waals surface area contributed by atoms with E-state index in [9.17, 15) is 0 Å². The highest BCUT2D eigenvalue weighted by Gasteiger charge is 2.09. The van der Waals surface area contributed by atoms with Crippen molar-refractivity contribution in [2.75, 3.05) is 24.9 Å². The third-order valence-electron chi connectivity index (χ3n) is 1.87. The number of alkyl halides is 1. The molecule has 1 N–H and O–H groups in total. The van der Waals surface area contributed by atoms with Gasteiger partial charge >= 0.3 is 0 Å². The Labute approximate surface area is 107 Å². The fraction of sp³-hybridized carbons (Fsp3) is 0.636. The highest BCUT2D eigenvalue weighted by Crippen LogP contribution is 2.11. The Bertz CT molecular complexity index is 336. The van der Waals surface area contributed by atoms with Gasteiger partial charge in [0, 0.05) is 25.3 Å². The lowest BCUT2D eigenvalue weighted by Gasteiger charge is -2.15. The van der Waals surface area contributed by atoms with Gasteiger partial charge in [-0.05, 0) is 13.8 Å². The molecular formula is C11H18ClN3O2. The van der Waals surface area contributed by atoms with E-state index in [0.29, 0.717) is 24.3 Å². The van der Waals surface area contributed by atoms with Crippen molar-refractivity contribution in [2.45, 2.75) is 26.0 Å². The average molecular weight is 260 g/mol. The largest absolute Gasteiger partial charge is 0.475 e. The fourth-order valence-electron chi connectivity index (χ4n) is 1.23. The van der Waals surface area contributed by atoms with E-state index in [1.807, 2.05) is 13.8 Å². The van der Waals surface area contributed by atoms with Gasteiger partial charge in [0.25, 0.3) is 0 Å². The third kappa shape index (κ3) is 5.19. The third-order valence-corrected chi connectivity index (χ3v) is 2.25. The Morgan fingerprint density at radius 3 is 2.82 bits per heavy atom. The Kier molecular flexibility index (Phi) is 6.00. The van der Waals surface area contributed by atoms with Crippen molar-refractivity contribution in [3.63, 3.8) is 0 Å². The zero-order valence-corrected chi connectivity index (χ0v) is 11.1. The highest BCUT2D eigenvalue weighted by atomic mass is 35.5. The van der Waals surface area contributed by atoms with Crippen LogP contribution in [0.25, 0.3) is 0 Å². The molecule has 0 aliphatic heterocycles. The van der Waals surface area contributed by atoms with Gasteiger partial charge in [0.15, 0.2) is 0 Å². The van der Waals surface area contributed by atoms with E-state index < -0.39 is 0 Å². The van der Waals surface area contributed by atoms with Crippen molar-refractivity contribution < 1.29 is 9.47 Å². The lowest BCUT2D eigenvalue weighted by molar-refractivity contribution is 0.190. The molecule has 1 aromatic heterocycles. The second kappa shape index (κ2) is 7.29. The minimum Gasteiger partial charge on any atom is -0.475 e. The SMILES string of the molecule is COCC(CCl)Nc1nccc(OC(C)C)n1. The number of halogens is 1. The molecule has 0 aromatic carbocycles. The van der Waals surface area contributed by atoms with Gasteiger partial charge < -0.3 is 14.8 Å². The van der Waals surface area contributed by atoms with Gasteiger partial charge in [-0.2, -0.15) is 4.98 Å². The summed E-state index contributed by atoms with van der Waals surface area (Å²) in [6.07, 6.45) is 1.73. The molecule has 0 aliphatic rings. The normalized spacial score (nSPS) is 12.5. The average Bonchev–Trinajstić information content (AvgIpc) is 2.28. The maximum Gasteiger partial charge on any atom is 0.226 e. The van der Waals surface area contributed by atoms with Crippen molar-refractivity contribution in [3.05, 3.63) is 12.3 Å². The van der Waals surface area contributed by atoms with Crippen LogP contribution in [0.4, 0.5) is 5.95 Å². The molecule has 6 heteroatoms. The molecule has 1 atom stereocenters. The number of anilines is 1. The maximum absolute atomic E-state index is 5.79. The molecule has 1 aromatic rings. The number of ether oxygens (including phenoxy) is 2. The molecule has 0 amide bonds. The lowest BCUT2D eigenvalue weighted by Crippen LogP contribution is -2.27. The van der Waals surface area contributed by atoms with Crippen LogP contribution < -0.4 is 10.1 Å². The van der Waals surface area contributed by atoms with Gasteiger partial charge in [-0.3, -0.25) is 0 Å². The van der Waals surface area contributed by atoms with Gasteiger partial charge in [0.1, 0.15) is 0 Å². The fourth-order valence-corrected chi connectivity index (χ4v) is 1.39. The summed E-state index contributed by atoms with van der Waals surface area (Å²) in [5, 5.41) is 3.08. The van der Waals surface area contributed by atoms with E-state index in [0.717, 1.165) is 0 Å². The zero-order valence-electron chi connectivity index (χ0n) is 10.3. The zero-order chi connectivity index (χ0) is 12.7. The molecule has 0 saturated carbocycles. The second-order valence-electron chi connectivity index (χ2n) is 3.84. The topological polar surface area (TPSA) is 56.3 Å². The Hall–Kier alpha value is -1.07. The Balaban J connectivity index is 2.63. The second-order valence-corrected chi connectivity index (χ2v) is 4.14. The van der Waals surface area contributed by atoms with Crippen molar-refractivity contribution in [2.24, 2.45) is 0 Å². The van der Waals surface area contributed by atoms with Gasteiger partial charge in [-0.15, -0.1) is 11.6 Å². The minimum atomic E-state index is -0.0176. The number of aromatic nitrogens is 2. The molecule has 1 heterocycles. The predicted octanol–water partition coefficient (Wildman–Crippen LogP) is 1.93. The van der Waals surface area contributed by atoms with Crippen LogP contribution in [-0.2, 0) is 4.74 Å². The molecule has 96 valence electrons. The van der Waals surface area contributed by atoms with Crippen molar-refractivity contribution in [1.82, 2.24) is 9.97 Å². The van der Waals surface area contributed by atoms with Crippen molar-refractivity contribution >= 4 is 17.5 Å². The van der Waals surface area contributed by atoms with E-state index in [4.69, 9.17) is 21.1 Å². The molecule has 0 bridgehead atoms. The molecule has 0 aliphatic carbocycles. The first kappa shape index (κ1) is 14.0. The molecule has 0 saturated heterocycles. The molecule has 0 spiro atoms. The summed E-state index contributed by atoms with van der Waals surface area (Å²) >= 11 is 5.79. The van der Waals surface area contributed by atoms with E-state index >= 15 is 0 Å². The molecule has 0 fully saturated rings. The Morgan fingerprint density at radius 1 is 1.47 bits per heavy atom. The smallest absolute Gasteiger partial charge is 0.226 e. The predicted molar refractivity (Wildman–Crippen MR) is 67.8 cm³/mol. The molecule has 17 heavy (non-hydrogen) atoms. The van der Waals surface area contributed by atoms with E-state index in [2.05, 4.69) is 15.3 Å². The minimum absolute atomic E-state index is 0.0176. The van der Waals surface area contributed by atoms with Crippen molar-refractivity contribution in [1.29, 1.82) is 0 Å². The monoisotopic (exact) mass is 259 g/mol. The van der Waals surface area contributed by atoms with Gasteiger partial charge in [-0.1, -0.05) is 0 Å². The van der Waals surface area contributed by atoms with Gasteiger partial charge in [-0.25, -0.2) is 4.98 Å². The van der Waals surface area contributed by atoms with Crippen LogP contribution in [-0.4, -0.2) is 41.7 Å². The van der Waals surface area contributed by atoms with Crippen LogP contribution >= 0.6 is 11.6 Å². The van der Waals surface area contributed by atoms with Crippen LogP contribution in [0.2, 0.25) is 0 Å². The summed E-state index contributed by atoms with van der Waals surface area (Å²) in [6, 6.07) is 1.70. The first-order valence-corrected chi connectivity index (χ1v) is 6.00. The lowest BCUT2D eigenvalue weighted by atomic mass is 10.4. The summed E-state index contributed by atoms with van der Waals surface area (Å²) in [5.41, 5.74) is 0. The number of nitrogens with one attached hydrogen (secondary N) is 1. The first-order valence-electron chi connectivity index (χ1n) is 5.46. The van der Waals surface area contributed by atoms with Crippen LogP contribution in [0.3, 0.4) is 0 Å². The number of hydrogen-bond donors (Lipinski definition) is 1. The Morgan fingerprint density at radius 2 is 2.24 bits per heavy atom. The van der Waals surface area contributed by atoms with Crippen LogP contribution in [0.1, 0.15) is 13.8 Å². The number of methoxy groups -OCH3 is 1. The van der Waals surface area contributed by atoms with Gasteiger partial charge in [0.05, 0.1) is 18.8 Å². The summed E-state index contributed by atoms with van der Waals surface area (Å²) in [5.74, 6) is 1.46. The number of hydrogen-bond acceptors (Lipinski definition) is 5. The molecule has 1 unspecified atom stereocenters. The summed E-state index contributed by atoms with van der Waals surface area (Å²) in [4.78, 5) is 8.32. The van der Waals surface area contributed by atoms with Crippen LogP contribution in [0.15, 0.2) is 12.3 Å². The summed E-state index contributed by atoms with van der Waals surface area (Å²) in [7, 11) is 1.63. The van der Waals surface area contributed by atoms with E-state index in [1.165, 1.54) is 0 Å². The van der Waals surface area contributed by atoms with Crippen LogP contribution in [0, 0.1) is 0 Å². The van der Waals surface area contributed by atoms with E-state index in [-0.39, 0.29) is 12.1 Å². The molecule has 5 nitrogen and oxygen atoms in total. The molecular weight excluding hydrogens is 242 g/mol. The number of rotatable bonds is 7. The van der Waals surface area contributed by atoms with Gasteiger partial charge in [0.2, 0.25) is 11.8 Å². The van der Waals surface area contributed by atoms with E-state index in [1.54, 1.807) is 19.4 Å². The highest BCUT2D eigenvalue weighted by molar-refractivity contribution is 6.18. The molecule has 0 radical (unpaired) electrons. The first-order chi connectivity index (χ1) is 8.15. The molecule has 1 rings (SSSR count). The van der Waals surface area contributed by atoms with Crippen LogP contribution in [0.5, 0.6) is 5.88 Å². The quantitative estimate of drug-likeness (QED) is 0.759. The summed E-state index contributed by atoms with van der Waals surface area (Å²) in [6.45, 7) is 4.39. The standard InChI is InChI=1S/C11H18ClN3O2/c1-8(2)17-10-4-5-13-11(15-10)14-9(6-12)7-16-3/h4-5,8-9H,6-7H2,1-3H3,(H,13,14,15). The summed E-state index contributed by atoms with van der Waals surface area (Å²) < 4.78 is 10.5. The maximum atomic E-state index is 5.79. The van der Waals surface area contributed by atoms with Crippen molar-refractivity contribution in [3.8, 4) is 5.88 Å².